The summed E-state index contributed by atoms with van der Waals surface area (Å²) in [6.45, 7) is 0.685. The number of nitrogens with one attached hydrogen (secondary N) is 1. The molecule has 0 bridgehead atoms. The fourth-order valence-corrected chi connectivity index (χ4v) is 5.46. The third kappa shape index (κ3) is 2.63. The van der Waals surface area contributed by atoms with E-state index in [4.69, 9.17) is 0 Å². The van der Waals surface area contributed by atoms with Crippen molar-refractivity contribution in [2.24, 2.45) is 0 Å². The molecule has 0 amide bonds. The van der Waals surface area contributed by atoms with Crippen LogP contribution in [0.5, 0.6) is 0 Å². The van der Waals surface area contributed by atoms with Crippen LogP contribution in [0.15, 0.2) is 45.1 Å². The molecule has 1 atom stereocenters. The molecule has 0 saturated heterocycles. The molecule has 6 heteroatoms. The Morgan fingerprint density at radius 2 is 2.16 bits per heavy atom. The van der Waals surface area contributed by atoms with Gasteiger partial charge in [-0.2, -0.15) is 0 Å². The zero-order valence-corrected chi connectivity index (χ0v) is 13.2. The van der Waals surface area contributed by atoms with Crippen molar-refractivity contribution < 1.29 is 8.42 Å². The average molecular weight is 358 g/mol. The lowest BCUT2D eigenvalue weighted by molar-refractivity contribution is 0.569. The van der Waals surface area contributed by atoms with Crippen LogP contribution in [0.3, 0.4) is 0 Å². The van der Waals surface area contributed by atoms with Crippen LogP contribution < -0.4 is 5.32 Å². The molecule has 0 fully saturated rings. The van der Waals surface area contributed by atoms with Crippen LogP contribution in [-0.2, 0) is 16.4 Å². The lowest BCUT2D eigenvalue weighted by Crippen LogP contribution is -2.21. The van der Waals surface area contributed by atoms with Crippen molar-refractivity contribution >= 4 is 37.1 Å². The Kier molecular flexibility index (Phi) is 3.51. The van der Waals surface area contributed by atoms with E-state index in [1.54, 1.807) is 23.5 Å². The standard InChI is InChI=1S/C13H12BrNO2S2/c14-9-5-10(18-7-9)6-15-12-8-19(16,17)13-4-2-1-3-11(12)13/h1-5,7,12,15H,6,8H2. The first-order valence-electron chi connectivity index (χ1n) is 5.84. The van der Waals surface area contributed by atoms with Gasteiger partial charge in [0.05, 0.1) is 10.6 Å². The SMILES string of the molecule is O=S1(=O)CC(NCc2cc(Br)cs2)c2ccccc21. The third-order valence-corrected chi connectivity index (χ3v) is 6.67. The zero-order valence-electron chi connectivity index (χ0n) is 9.97. The smallest absolute Gasteiger partial charge is 0.180 e. The minimum Gasteiger partial charge on any atom is -0.304 e. The van der Waals surface area contributed by atoms with Gasteiger partial charge in [-0.25, -0.2) is 8.42 Å². The summed E-state index contributed by atoms with van der Waals surface area (Å²) < 4.78 is 25.1. The number of sulfone groups is 1. The summed E-state index contributed by atoms with van der Waals surface area (Å²) in [7, 11) is -3.12. The fourth-order valence-electron chi connectivity index (χ4n) is 2.29. The Morgan fingerprint density at radius 1 is 1.37 bits per heavy atom. The van der Waals surface area contributed by atoms with Gasteiger partial charge in [-0.3, -0.25) is 0 Å². The third-order valence-electron chi connectivity index (χ3n) is 3.16. The van der Waals surface area contributed by atoms with Crippen molar-refractivity contribution in [2.45, 2.75) is 17.5 Å². The lowest BCUT2D eigenvalue weighted by Gasteiger charge is -2.11. The molecule has 0 radical (unpaired) electrons. The Morgan fingerprint density at radius 3 is 2.89 bits per heavy atom. The Bertz CT molecular complexity index is 709. The molecule has 3 rings (SSSR count). The molecule has 0 spiro atoms. The maximum atomic E-state index is 12.0. The van der Waals surface area contributed by atoms with Crippen molar-refractivity contribution in [1.29, 1.82) is 0 Å². The number of hydrogen-bond acceptors (Lipinski definition) is 4. The predicted octanol–water partition coefficient (Wildman–Crippen LogP) is 3.13. The summed E-state index contributed by atoms with van der Waals surface area (Å²) in [6, 6.07) is 9.18. The van der Waals surface area contributed by atoms with E-state index in [0.29, 0.717) is 11.4 Å². The molecule has 2 heterocycles. The Balaban J connectivity index is 1.80. The summed E-state index contributed by atoms with van der Waals surface area (Å²) in [5, 5.41) is 5.36. The second-order valence-corrected chi connectivity index (χ2v) is 8.40. The van der Waals surface area contributed by atoms with Gasteiger partial charge >= 0.3 is 0 Å². The summed E-state index contributed by atoms with van der Waals surface area (Å²) in [5.41, 5.74) is 0.887. The molecule has 1 aliphatic heterocycles. The van der Waals surface area contributed by atoms with Crippen molar-refractivity contribution in [2.75, 3.05) is 5.75 Å². The normalized spacial score (nSPS) is 20.4. The first kappa shape index (κ1) is 13.3. The van der Waals surface area contributed by atoms with Crippen LogP contribution in [0.1, 0.15) is 16.5 Å². The van der Waals surface area contributed by atoms with E-state index in [1.165, 1.54) is 4.88 Å². The van der Waals surface area contributed by atoms with Crippen LogP contribution >= 0.6 is 27.3 Å². The van der Waals surface area contributed by atoms with Gasteiger partial charge in [0.25, 0.3) is 0 Å². The van der Waals surface area contributed by atoms with E-state index in [2.05, 4.69) is 21.2 Å². The molecular weight excluding hydrogens is 346 g/mol. The molecule has 1 aromatic carbocycles. The maximum absolute atomic E-state index is 12.0. The Labute approximate surface area is 124 Å². The highest BCUT2D eigenvalue weighted by Gasteiger charge is 2.33. The minimum absolute atomic E-state index is 0.109. The fraction of sp³-hybridized carbons (Fsp3) is 0.231. The highest BCUT2D eigenvalue weighted by Crippen LogP contribution is 2.33. The molecule has 1 N–H and O–H groups in total. The number of halogens is 1. The van der Waals surface area contributed by atoms with Crippen molar-refractivity contribution in [3.63, 3.8) is 0 Å². The van der Waals surface area contributed by atoms with Gasteiger partial charge in [0.15, 0.2) is 9.84 Å². The van der Waals surface area contributed by atoms with Crippen LogP contribution in [0.4, 0.5) is 0 Å². The first-order valence-corrected chi connectivity index (χ1v) is 9.17. The summed E-state index contributed by atoms with van der Waals surface area (Å²) in [6.07, 6.45) is 0. The summed E-state index contributed by atoms with van der Waals surface area (Å²) >= 11 is 5.07. The van der Waals surface area contributed by atoms with Crippen molar-refractivity contribution in [3.8, 4) is 0 Å². The van der Waals surface area contributed by atoms with E-state index in [9.17, 15) is 8.42 Å². The molecule has 1 aliphatic rings. The highest BCUT2D eigenvalue weighted by atomic mass is 79.9. The van der Waals surface area contributed by atoms with Crippen molar-refractivity contribution in [3.05, 3.63) is 50.6 Å². The topological polar surface area (TPSA) is 46.2 Å². The molecule has 0 saturated carbocycles. The zero-order chi connectivity index (χ0) is 13.5. The first-order chi connectivity index (χ1) is 9.06. The van der Waals surface area contributed by atoms with Gasteiger partial charge in [-0.15, -0.1) is 11.3 Å². The minimum atomic E-state index is -3.12. The maximum Gasteiger partial charge on any atom is 0.180 e. The Hall–Kier alpha value is -0.690. The number of hydrogen-bond donors (Lipinski definition) is 1. The quantitative estimate of drug-likeness (QED) is 0.917. The van der Waals surface area contributed by atoms with Gasteiger partial charge in [0.2, 0.25) is 0 Å². The molecular formula is C13H12BrNO2S2. The average Bonchev–Trinajstić information content (AvgIpc) is 2.90. The molecule has 0 aliphatic carbocycles. The van der Waals surface area contributed by atoms with Crippen LogP contribution in [0, 0.1) is 0 Å². The van der Waals surface area contributed by atoms with Gasteiger partial charge < -0.3 is 5.32 Å². The molecule has 19 heavy (non-hydrogen) atoms. The second-order valence-electron chi connectivity index (χ2n) is 4.48. The van der Waals surface area contributed by atoms with Gasteiger partial charge in [-0.05, 0) is 33.6 Å². The number of rotatable bonds is 3. The second kappa shape index (κ2) is 5.01. The summed E-state index contributed by atoms with van der Waals surface area (Å²) in [5.74, 6) is 0.152. The van der Waals surface area contributed by atoms with E-state index in [0.717, 1.165) is 10.0 Å². The monoisotopic (exact) mass is 357 g/mol. The number of thiophene rings is 1. The van der Waals surface area contributed by atoms with E-state index in [1.807, 2.05) is 23.6 Å². The summed E-state index contributed by atoms with van der Waals surface area (Å²) in [4.78, 5) is 1.66. The number of fused-ring (bicyclic) bond motifs is 1. The van der Waals surface area contributed by atoms with Gasteiger partial charge in [0, 0.05) is 27.3 Å². The highest BCUT2D eigenvalue weighted by molar-refractivity contribution is 9.10. The lowest BCUT2D eigenvalue weighted by atomic mass is 10.1. The largest absolute Gasteiger partial charge is 0.304 e. The number of benzene rings is 1. The molecule has 1 aromatic heterocycles. The van der Waals surface area contributed by atoms with Crippen LogP contribution in [-0.4, -0.2) is 14.2 Å². The van der Waals surface area contributed by atoms with E-state index < -0.39 is 9.84 Å². The molecule has 1 unspecified atom stereocenters. The van der Waals surface area contributed by atoms with E-state index in [-0.39, 0.29) is 11.8 Å². The van der Waals surface area contributed by atoms with Crippen molar-refractivity contribution in [1.82, 2.24) is 5.32 Å². The van der Waals surface area contributed by atoms with Gasteiger partial charge in [-0.1, -0.05) is 18.2 Å². The van der Waals surface area contributed by atoms with E-state index >= 15 is 0 Å². The molecule has 100 valence electrons. The van der Waals surface area contributed by atoms with Crippen LogP contribution in [0.25, 0.3) is 0 Å². The molecule has 2 aromatic rings. The van der Waals surface area contributed by atoms with Crippen LogP contribution in [0.2, 0.25) is 0 Å². The predicted molar refractivity (Wildman–Crippen MR) is 80.1 cm³/mol. The van der Waals surface area contributed by atoms with Gasteiger partial charge in [0.1, 0.15) is 0 Å². The molecule has 3 nitrogen and oxygen atoms in total.